The van der Waals surface area contributed by atoms with Crippen LogP contribution in [0.5, 0.6) is 0 Å². The van der Waals surface area contributed by atoms with Crippen LogP contribution in [0.15, 0.2) is 16.6 Å². The molecule has 0 radical (unpaired) electrons. The number of carboxylic acids is 1. The van der Waals surface area contributed by atoms with Crippen molar-refractivity contribution in [3.8, 4) is 0 Å². The Kier molecular flexibility index (Phi) is 4.69. The second-order valence-electron chi connectivity index (χ2n) is 1.95. The Balaban J connectivity index is 3.73. The lowest BCUT2D eigenvalue weighted by Crippen LogP contribution is -1.95. The average Bonchev–Trinajstić information content (AvgIpc) is 1.97. The molecule has 11 heavy (non-hydrogen) atoms. The Morgan fingerprint density at radius 2 is 2.36 bits per heavy atom. The molecule has 0 saturated carbocycles. The molecule has 0 fully saturated rings. The molecule has 0 aliphatic heterocycles. The van der Waals surface area contributed by atoms with Crippen molar-refractivity contribution >= 4 is 12.0 Å². The summed E-state index contributed by atoms with van der Waals surface area (Å²) >= 11 is 0. The molecule has 1 N–H and O–H groups in total. The highest BCUT2D eigenvalue weighted by atomic mass is 16.4. The van der Waals surface area contributed by atoms with Crippen LogP contribution in [0.2, 0.25) is 0 Å². The van der Waals surface area contributed by atoms with Crippen molar-refractivity contribution in [2.45, 2.75) is 13.3 Å². The van der Waals surface area contributed by atoms with Gasteiger partial charge in [-0.15, -0.1) is 0 Å². The zero-order chi connectivity index (χ0) is 8.69. The van der Waals surface area contributed by atoms with Gasteiger partial charge in [0.1, 0.15) is 0 Å². The molecule has 0 bridgehead atoms. The fraction of sp³-hybridized carbons (Fsp3) is 0.429. The lowest BCUT2D eigenvalue weighted by Gasteiger charge is -1.89. The highest BCUT2D eigenvalue weighted by Crippen LogP contribution is 1.94. The number of carbonyl (C=O) groups is 1. The highest BCUT2D eigenvalue weighted by molar-refractivity contribution is 5.85. The number of isocyanates is 1. The third kappa shape index (κ3) is 5.06. The van der Waals surface area contributed by atoms with Gasteiger partial charge in [-0.2, -0.15) is 0 Å². The van der Waals surface area contributed by atoms with Gasteiger partial charge in [0, 0.05) is 5.57 Å². The molecule has 0 aliphatic rings. The summed E-state index contributed by atoms with van der Waals surface area (Å²) in [5.74, 6) is -0.944. The average molecular weight is 155 g/mol. The molecule has 60 valence electrons. The van der Waals surface area contributed by atoms with Gasteiger partial charge in [0.05, 0.1) is 6.54 Å². The van der Waals surface area contributed by atoms with Gasteiger partial charge < -0.3 is 5.11 Å². The number of carboxylic acid groups (broad SMARTS) is 1. The Morgan fingerprint density at radius 1 is 1.73 bits per heavy atom. The third-order valence-electron chi connectivity index (χ3n) is 1.09. The van der Waals surface area contributed by atoms with Gasteiger partial charge in [-0.05, 0) is 13.3 Å². The Hall–Kier alpha value is -1.41. The van der Waals surface area contributed by atoms with Gasteiger partial charge in [-0.25, -0.2) is 14.6 Å². The summed E-state index contributed by atoms with van der Waals surface area (Å²) in [5, 5.41) is 8.36. The fourth-order valence-electron chi connectivity index (χ4n) is 0.479. The predicted octanol–water partition coefficient (Wildman–Crippen LogP) is 0.743. The van der Waals surface area contributed by atoms with E-state index in [-0.39, 0.29) is 5.57 Å². The van der Waals surface area contributed by atoms with Crippen LogP contribution in [-0.4, -0.2) is 23.7 Å². The SMILES string of the molecule is C/C(=C\CCN=C=O)C(=O)O. The molecule has 0 spiro atoms. The topological polar surface area (TPSA) is 66.7 Å². The van der Waals surface area contributed by atoms with Gasteiger partial charge in [-0.3, -0.25) is 0 Å². The van der Waals surface area contributed by atoms with Crippen molar-refractivity contribution < 1.29 is 14.7 Å². The predicted molar refractivity (Wildman–Crippen MR) is 39.0 cm³/mol. The van der Waals surface area contributed by atoms with E-state index in [1.807, 2.05) is 0 Å². The van der Waals surface area contributed by atoms with E-state index in [1.54, 1.807) is 0 Å². The molecule has 0 aromatic rings. The summed E-state index contributed by atoms with van der Waals surface area (Å²) in [7, 11) is 0. The number of aliphatic carboxylic acids is 1. The van der Waals surface area contributed by atoms with E-state index in [1.165, 1.54) is 19.1 Å². The van der Waals surface area contributed by atoms with E-state index in [4.69, 9.17) is 5.11 Å². The van der Waals surface area contributed by atoms with E-state index in [0.29, 0.717) is 13.0 Å². The number of nitrogens with zero attached hydrogens (tertiary/aromatic N) is 1. The first-order chi connectivity index (χ1) is 5.18. The van der Waals surface area contributed by atoms with Gasteiger partial charge in [0.15, 0.2) is 0 Å². The molecule has 0 saturated heterocycles. The zero-order valence-electron chi connectivity index (χ0n) is 6.20. The summed E-state index contributed by atoms with van der Waals surface area (Å²) in [6.07, 6.45) is 3.35. The first-order valence-corrected chi connectivity index (χ1v) is 3.12. The number of hydrogen-bond acceptors (Lipinski definition) is 3. The molecule has 0 aromatic carbocycles. The number of carbonyl (C=O) groups excluding carboxylic acids is 1. The minimum Gasteiger partial charge on any atom is -0.478 e. The number of aliphatic imine (C=N–C) groups is 1. The monoisotopic (exact) mass is 155 g/mol. The number of rotatable bonds is 4. The first kappa shape index (κ1) is 9.59. The molecule has 0 heterocycles. The van der Waals surface area contributed by atoms with Crippen LogP contribution in [0.4, 0.5) is 0 Å². The van der Waals surface area contributed by atoms with Crippen molar-refractivity contribution in [3.63, 3.8) is 0 Å². The summed E-state index contributed by atoms with van der Waals surface area (Å²) in [4.78, 5) is 23.0. The first-order valence-electron chi connectivity index (χ1n) is 3.12. The van der Waals surface area contributed by atoms with Gasteiger partial charge in [0.2, 0.25) is 6.08 Å². The lowest BCUT2D eigenvalue weighted by atomic mass is 10.2. The van der Waals surface area contributed by atoms with E-state index >= 15 is 0 Å². The maximum Gasteiger partial charge on any atom is 0.330 e. The minimum absolute atomic E-state index is 0.270. The second-order valence-corrected chi connectivity index (χ2v) is 1.95. The van der Waals surface area contributed by atoms with Crippen molar-refractivity contribution in [1.82, 2.24) is 0 Å². The maximum atomic E-state index is 10.2. The fourth-order valence-corrected chi connectivity index (χ4v) is 0.479. The van der Waals surface area contributed by atoms with E-state index in [2.05, 4.69) is 4.99 Å². The maximum absolute atomic E-state index is 10.2. The molecule has 4 nitrogen and oxygen atoms in total. The normalized spacial score (nSPS) is 10.5. The summed E-state index contributed by atoms with van der Waals surface area (Å²) < 4.78 is 0. The van der Waals surface area contributed by atoms with Crippen molar-refractivity contribution in [1.29, 1.82) is 0 Å². The molecule has 4 heteroatoms. The van der Waals surface area contributed by atoms with E-state index < -0.39 is 5.97 Å². The lowest BCUT2D eigenvalue weighted by molar-refractivity contribution is -0.132. The Bertz CT molecular complexity index is 214. The minimum atomic E-state index is -0.944. The highest BCUT2D eigenvalue weighted by Gasteiger charge is 1.96. The quantitative estimate of drug-likeness (QED) is 0.282. The number of hydrogen-bond donors (Lipinski definition) is 1. The van der Waals surface area contributed by atoms with Crippen LogP contribution in [0.25, 0.3) is 0 Å². The second kappa shape index (κ2) is 5.38. The summed E-state index contributed by atoms with van der Waals surface area (Å²) in [6.45, 7) is 1.79. The molecule has 0 unspecified atom stereocenters. The molecule has 0 aromatic heterocycles. The molecule has 0 aliphatic carbocycles. The molecular formula is C7H9NO3. The van der Waals surface area contributed by atoms with Gasteiger partial charge >= 0.3 is 5.97 Å². The van der Waals surface area contributed by atoms with Crippen molar-refractivity contribution in [2.24, 2.45) is 4.99 Å². The Labute approximate surface area is 64.3 Å². The van der Waals surface area contributed by atoms with E-state index in [9.17, 15) is 9.59 Å². The largest absolute Gasteiger partial charge is 0.478 e. The molecule has 0 amide bonds. The third-order valence-corrected chi connectivity index (χ3v) is 1.09. The van der Waals surface area contributed by atoms with Crippen LogP contribution in [-0.2, 0) is 9.59 Å². The summed E-state index contributed by atoms with van der Waals surface area (Å²) in [5.41, 5.74) is 0.270. The van der Waals surface area contributed by atoms with E-state index in [0.717, 1.165) is 0 Å². The van der Waals surface area contributed by atoms with Crippen LogP contribution in [0.3, 0.4) is 0 Å². The Morgan fingerprint density at radius 3 is 2.82 bits per heavy atom. The van der Waals surface area contributed by atoms with Gasteiger partial charge in [-0.1, -0.05) is 6.08 Å². The zero-order valence-corrected chi connectivity index (χ0v) is 6.20. The van der Waals surface area contributed by atoms with Crippen molar-refractivity contribution in [2.75, 3.05) is 6.54 Å². The van der Waals surface area contributed by atoms with Gasteiger partial charge in [0.25, 0.3) is 0 Å². The van der Waals surface area contributed by atoms with Crippen LogP contribution >= 0.6 is 0 Å². The molecule has 0 atom stereocenters. The smallest absolute Gasteiger partial charge is 0.330 e. The summed E-state index contributed by atoms with van der Waals surface area (Å²) in [6, 6.07) is 0. The van der Waals surface area contributed by atoms with Crippen molar-refractivity contribution in [3.05, 3.63) is 11.6 Å². The standard InChI is InChI=1S/C7H9NO3/c1-6(7(10)11)3-2-4-8-5-9/h3H,2,4H2,1H3,(H,10,11)/b6-3+. The van der Waals surface area contributed by atoms with Crippen LogP contribution in [0, 0.1) is 0 Å². The van der Waals surface area contributed by atoms with Crippen LogP contribution < -0.4 is 0 Å². The molecule has 0 rings (SSSR count). The molecular weight excluding hydrogens is 146 g/mol. The van der Waals surface area contributed by atoms with Crippen LogP contribution in [0.1, 0.15) is 13.3 Å².